The van der Waals surface area contributed by atoms with Crippen LogP contribution < -0.4 is 5.73 Å². The van der Waals surface area contributed by atoms with Crippen molar-refractivity contribution in [3.8, 4) is 0 Å². The maximum absolute atomic E-state index is 6.64. The number of hydrogen-bond acceptors (Lipinski definition) is 2. The summed E-state index contributed by atoms with van der Waals surface area (Å²) in [5.74, 6) is 0. The Labute approximate surface area is 121 Å². The van der Waals surface area contributed by atoms with Crippen LogP contribution in [0.2, 0.25) is 5.02 Å². The molecule has 1 aliphatic rings. The Bertz CT molecular complexity index is 392. The fourth-order valence-corrected chi connectivity index (χ4v) is 3.60. The third-order valence-corrected chi connectivity index (χ3v) is 5.02. The molecule has 1 atom stereocenters. The van der Waals surface area contributed by atoms with E-state index in [1.165, 1.54) is 31.5 Å². The van der Waals surface area contributed by atoms with Crippen molar-refractivity contribution in [2.75, 3.05) is 13.1 Å². The molecule has 2 rings (SSSR count). The molecular weight excluding hydrogens is 256 g/mol. The van der Waals surface area contributed by atoms with Crippen LogP contribution in [0.4, 0.5) is 0 Å². The van der Waals surface area contributed by atoms with Crippen LogP contribution in [0.3, 0.4) is 0 Å². The van der Waals surface area contributed by atoms with Gasteiger partial charge in [0.25, 0.3) is 0 Å². The Kier molecular flexibility index (Phi) is 4.88. The molecule has 1 aliphatic heterocycles. The molecule has 0 bridgehead atoms. The lowest BCUT2D eigenvalue weighted by molar-refractivity contribution is 0.0767. The van der Waals surface area contributed by atoms with E-state index >= 15 is 0 Å². The molecule has 0 aromatic heterocycles. The number of benzene rings is 1. The first kappa shape index (κ1) is 14.8. The molecule has 0 amide bonds. The molecule has 1 unspecified atom stereocenters. The number of halogens is 1. The Morgan fingerprint density at radius 3 is 2.16 bits per heavy atom. The van der Waals surface area contributed by atoms with Crippen molar-refractivity contribution in [1.82, 2.24) is 4.90 Å². The SMILES string of the molecule is CCC(CC)(C(N)c1ccc(Cl)cc1)N1CCCC1. The predicted octanol–water partition coefficient (Wildman–Crippen LogP) is 3.99. The smallest absolute Gasteiger partial charge is 0.0481 e. The van der Waals surface area contributed by atoms with Crippen LogP contribution in [0.1, 0.15) is 51.1 Å². The zero-order valence-electron chi connectivity index (χ0n) is 12.0. The van der Waals surface area contributed by atoms with Gasteiger partial charge in [-0.1, -0.05) is 37.6 Å². The van der Waals surface area contributed by atoms with Gasteiger partial charge in [-0.15, -0.1) is 0 Å². The number of nitrogens with two attached hydrogens (primary N) is 1. The third kappa shape index (κ3) is 2.81. The molecule has 1 fully saturated rings. The van der Waals surface area contributed by atoms with E-state index in [0.717, 1.165) is 17.9 Å². The highest BCUT2D eigenvalue weighted by Crippen LogP contribution is 2.38. The van der Waals surface area contributed by atoms with Gasteiger partial charge < -0.3 is 5.73 Å². The van der Waals surface area contributed by atoms with E-state index in [9.17, 15) is 0 Å². The lowest BCUT2D eigenvalue weighted by atomic mass is 9.80. The largest absolute Gasteiger partial charge is 0.322 e. The van der Waals surface area contributed by atoms with Crippen LogP contribution in [0.25, 0.3) is 0 Å². The molecule has 2 N–H and O–H groups in total. The summed E-state index contributed by atoms with van der Waals surface area (Å²) in [4.78, 5) is 2.60. The van der Waals surface area contributed by atoms with Gasteiger partial charge in [0.15, 0.2) is 0 Å². The molecule has 106 valence electrons. The molecule has 1 aromatic carbocycles. The summed E-state index contributed by atoms with van der Waals surface area (Å²) in [5, 5.41) is 0.774. The first-order valence-corrected chi connectivity index (χ1v) is 7.78. The lowest BCUT2D eigenvalue weighted by Crippen LogP contribution is -2.53. The van der Waals surface area contributed by atoms with Gasteiger partial charge in [-0.05, 0) is 56.5 Å². The van der Waals surface area contributed by atoms with Gasteiger partial charge in [0.1, 0.15) is 0 Å². The first-order chi connectivity index (χ1) is 9.14. The molecule has 3 heteroatoms. The van der Waals surface area contributed by atoms with Crippen molar-refractivity contribution in [2.24, 2.45) is 5.73 Å². The van der Waals surface area contributed by atoms with Gasteiger partial charge in [0, 0.05) is 16.6 Å². The van der Waals surface area contributed by atoms with Crippen LogP contribution in [0.15, 0.2) is 24.3 Å². The number of nitrogens with zero attached hydrogens (tertiary/aromatic N) is 1. The van der Waals surface area contributed by atoms with Gasteiger partial charge in [-0.2, -0.15) is 0 Å². The number of hydrogen-bond donors (Lipinski definition) is 1. The van der Waals surface area contributed by atoms with Crippen molar-refractivity contribution < 1.29 is 0 Å². The average molecular weight is 281 g/mol. The van der Waals surface area contributed by atoms with Crippen molar-refractivity contribution in [1.29, 1.82) is 0 Å². The molecule has 0 aliphatic carbocycles. The first-order valence-electron chi connectivity index (χ1n) is 7.40. The van der Waals surface area contributed by atoms with Crippen molar-refractivity contribution in [2.45, 2.75) is 51.1 Å². The molecule has 1 saturated heterocycles. The third-order valence-electron chi connectivity index (χ3n) is 4.77. The van der Waals surface area contributed by atoms with Crippen molar-refractivity contribution in [3.05, 3.63) is 34.9 Å². The van der Waals surface area contributed by atoms with E-state index < -0.39 is 0 Å². The van der Waals surface area contributed by atoms with Gasteiger partial charge in [0.05, 0.1) is 0 Å². The minimum atomic E-state index is 0.0536. The van der Waals surface area contributed by atoms with Crippen LogP contribution in [0.5, 0.6) is 0 Å². The fourth-order valence-electron chi connectivity index (χ4n) is 3.48. The predicted molar refractivity (Wildman–Crippen MR) is 82.5 cm³/mol. The summed E-state index contributed by atoms with van der Waals surface area (Å²) in [6.45, 7) is 6.89. The normalized spacial score (nSPS) is 18.7. The van der Waals surface area contributed by atoms with Gasteiger partial charge in [-0.3, -0.25) is 4.90 Å². The highest BCUT2D eigenvalue weighted by Gasteiger charge is 2.40. The van der Waals surface area contributed by atoms with E-state index in [1.807, 2.05) is 12.1 Å². The van der Waals surface area contributed by atoms with Crippen LogP contribution >= 0.6 is 11.6 Å². The summed E-state index contributed by atoms with van der Waals surface area (Å²) in [5.41, 5.74) is 7.92. The van der Waals surface area contributed by atoms with Gasteiger partial charge in [-0.25, -0.2) is 0 Å². The highest BCUT2D eigenvalue weighted by molar-refractivity contribution is 6.30. The Balaban J connectivity index is 2.29. The minimum absolute atomic E-state index is 0.0536. The Morgan fingerprint density at radius 1 is 1.16 bits per heavy atom. The second-order valence-electron chi connectivity index (χ2n) is 5.53. The maximum Gasteiger partial charge on any atom is 0.0481 e. The Morgan fingerprint density at radius 2 is 1.68 bits per heavy atom. The molecule has 0 radical (unpaired) electrons. The summed E-state index contributed by atoms with van der Waals surface area (Å²) in [6, 6.07) is 8.08. The Hall–Kier alpha value is -0.570. The van der Waals surface area contributed by atoms with Crippen molar-refractivity contribution in [3.63, 3.8) is 0 Å². The minimum Gasteiger partial charge on any atom is -0.322 e. The summed E-state index contributed by atoms with van der Waals surface area (Å²) < 4.78 is 0. The topological polar surface area (TPSA) is 29.3 Å². The van der Waals surface area contributed by atoms with E-state index in [1.54, 1.807) is 0 Å². The van der Waals surface area contributed by atoms with Crippen LogP contribution in [-0.2, 0) is 0 Å². The van der Waals surface area contributed by atoms with E-state index in [4.69, 9.17) is 17.3 Å². The molecule has 0 spiro atoms. The molecule has 1 heterocycles. The standard InChI is InChI=1S/C16H25ClN2/c1-3-16(4-2,19-11-5-6-12-19)15(18)13-7-9-14(17)10-8-13/h7-10,15H,3-6,11-12,18H2,1-2H3. The molecule has 1 aromatic rings. The zero-order valence-corrected chi connectivity index (χ0v) is 12.8. The molecule has 19 heavy (non-hydrogen) atoms. The quantitative estimate of drug-likeness (QED) is 0.883. The molecular formula is C16H25ClN2. The van der Waals surface area contributed by atoms with E-state index in [0.29, 0.717) is 0 Å². The number of likely N-dealkylation sites (tertiary alicyclic amines) is 1. The monoisotopic (exact) mass is 280 g/mol. The maximum atomic E-state index is 6.64. The zero-order chi connectivity index (χ0) is 13.9. The molecule has 0 saturated carbocycles. The molecule has 2 nitrogen and oxygen atoms in total. The van der Waals surface area contributed by atoms with Crippen molar-refractivity contribution >= 4 is 11.6 Å². The van der Waals surface area contributed by atoms with Crippen LogP contribution in [0, 0.1) is 0 Å². The number of rotatable bonds is 5. The van der Waals surface area contributed by atoms with E-state index in [2.05, 4.69) is 30.9 Å². The fraction of sp³-hybridized carbons (Fsp3) is 0.625. The van der Waals surface area contributed by atoms with E-state index in [-0.39, 0.29) is 11.6 Å². The second kappa shape index (κ2) is 6.25. The average Bonchev–Trinajstić information content (AvgIpc) is 2.96. The van der Waals surface area contributed by atoms with Gasteiger partial charge in [0.2, 0.25) is 0 Å². The lowest BCUT2D eigenvalue weighted by Gasteiger charge is -2.45. The highest BCUT2D eigenvalue weighted by atomic mass is 35.5. The van der Waals surface area contributed by atoms with Gasteiger partial charge >= 0.3 is 0 Å². The summed E-state index contributed by atoms with van der Waals surface area (Å²) in [6.07, 6.45) is 4.78. The summed E-state index contributed by atoms with van der Waals surface area (Å²) >= 11 is 5.97. The second-order valence-corrected chi connectivity index (χ2v) is 5.97. The van der Waals surface area contributed by atoms with Crippen LogP contribution in [-0.4, -0.2) is 23.5 Å². The summed E-state index contributed by atoms with van der Waals surface area (Å²) in [7, 11) is 0.